The van der Waals surface area contributed by atoms with Gasteiger partial charge in [0.25, 0.3) is 5.91 Å². The van der Waals surface area contributed by atoms with Crippen LogP contribution in [0.3, 0.4) is 0 Å². The number of nitrogens with zero attached hydrogens (tertiary/aromatic N) is 1. The maximum absolute atomic E-state index is 13.6. The molecule has 1 unspecified atom stereocenters. The molecule has 4 rings (SSSR count). The van der Waals surface area contributed by atoms with Crippen LogP contribution in [0.4, 0.5) is 10.5 Å². The van der Waals surface area contributed by atoms with Gasteiger partial charge >= 0.3 is 6.09 Å². The number of likely N-dealkylation sites (tertiary alicyclic amines) is 1. The van der Waals surface area contributed by atoms with Crippen LogP contribution in [0.15, 0.2) is 48.5 Å². The lowest BCUT2D eigenvalue weighted by atomic mass is 9.78. The molecule has 0 bridgehead atoms. The molecule has 176 valence electrons. The summed E-state index contributed by atoms with van der Waals surface area (Å²) >= 11 is 0. The minimum absolute atomic E-state index is 0.0379. The van der Waals surface area contributed by atoms with Crippen molar-refractivity contribution < 1.29 is 19.1 Å². The highest BCUT2D eigenvalue weighted by Crippen LogP contribution is 2.37. The van der Waals surface area contributed by atoms with Gasteiger partial charge in [-0.25, -0.2) is 4.79 Å². The summed E-state index contributed by atoms with van der Waals surface area (Å²) in [5, 5.41) is 2.75. The average molecular weight is 451 g/mol. The lowest BCUT2D eigenvalue weighted by Crippen LogP contribution is -2.49. The molecule has 0 spiro atoms. The highest BCUT2D eigenvalue weighted by molar-refractivity contribution is 5.98. The minimum Gasteiger partial charge on any atom is -0.493 e. The number of carbonyl (C=O) groups excluding carboxylic acids is 2. The largest absolute Gasteiger partial charge is 0.493 e. The van der Waals surface area contributed by atoms with Gasteiger partial charge < -0.3 is 14.4 Å². The van der Waals surface area contributed by atoms with Gasteiger partial charge in [-0.05, 0) is 55.7 Å². The zero-order chi connectivity index (χ0) is 23.0. The predicted molar refractivity (Wildman–Crippen MR) is 128 cm³/mol. The van der Waals surface area contributed by atoms with Gasteiger partial charge in [0.2, 0.25) is 0 Å². The monoisotopic (exact) mass is 450 g/mol. The van der Waals surface area contributed by atoms with Crippen molar-refractivity contribution >= 4 is 17.7 Å². The van der Waals surface area contributed by atoms with Crippen LogP contribution in [0.1, 0.15) is 67.8 Å². The van der Waals surface area contributed by atoms with Crippen LogP contribution >= 0.6 is 0 Å². The van der Waals surface area contributed by atoms with E-state index in [1.54, 1.807) is 18.2 Å². The van der Waals surface area contributed by atoms with E-state index in [0.29, 0.717) is 35.6 Å². The molecule has 2 aliphatic rings. The maximum atomic E-state index is 13.6. The summed E-state index contributed by atoms with van der Waals surface area (Å²) in [7, 11) is 0. The van der Waals surface area contributed by atoms with Gasteiger partial charge in [-0.15, -0.1) is 0 Å². The smallest absolute Gasteiger partial charge is 0.411 e. The Balaban J connectivity index is 1.46. The van der Waals surface area contributed by atoms with Crippen molar-refractivity contribution in [3.8, 4) is 5.75 Å². The number of hydrogen-bond donors (Lipinski definition) is 1. The Morgan fingerprint density at radius 2 is 1.82 bits per heavy atom. The lowest BCUT2D eigenvalue weighted by Gasteiger charge is -2.44. The first-order chi connectivity index (χ1) is 16.2. The number of nitrogens with one attached hydrogen (secondary N) is 1. The molecule has 2 aromatic rings. The first-order valence-corrected chi connectivity index (χ1v) is 12.2. The zero-order valence-corrected chi connectivity index (χ0v) is 19.4. The van der Waals surface area contributed by atoms with E-state index in [0.717, 1.165) is 31.4 Å². The molecule has 1 heterocycles. The second kappa shape index (κ2) is 11.2. The highest BCUT2D eigenvalue weighted by Gasteiger charge is 2.36. The number of anilines is 1. The van der Waals surface area contributed by atoms with Crippen molar-refractivity contribution in [2.24, 2.45) is 5.92 Å². The minimum atomic E-state index is -0.541. The number of benzene rings is 2. The van der Waals surface area contributed by atoms with E-state index in [2.05, 4.69) is 10.2 Å². The number of ether oxygens (including phenoxy) is 2. The number of carbonyl (C=O) groups is 2. The average Bonchev–Trinajstić information content (AvgIpc) is 2.86. The van der Waals surface area contributed by atoms with Crippen LogP contribution in [0.2, 0.25) is 0 Å². The van der Waals surface area contributed by atoms with Gasteiger partial charge in [0.1, 0.15) is 12.4 Å². The van der Waals surface area contributed by atoms with E-state index in [-0.39, 0.29) is 12.5 Å². The number of hydrogen-bond acceptors (Lipinski definition) is 4. The molecule has 0 radical (unpaired) electrons. The second-order valence-corrected chi connectivity index (χ2v) is 9.00. The van der Waals surface area contributed by atoms with Gasteiger partial charge in [-0.1, -0.05) is 50.1 Å². The van der Waals surface area contributed by atoms with Crippen LogP contribution in [-0.2, 0) is 11.3 Å². The zero-order valence-electron chi connectivity index (χ0n) is 19.4. The van der Waals surface area contributed by atoms with Gasteiger partial charge in [0, 0.05) is 24.3 Å². The molecule has 33 heavy (non-hydrogen) atoms. The molecule has 1 aliphatic heterocycles. The predicted octanol–water partition coefficient (Wildman–Crippen LogP) is 6.02. The van der Waals surface area contributed by atoms with E-state index < -0.39 is 6.09 Å². The SMILES string of the molecule is CCCOc1cc(NC(=O)OCc2ccccc2)ccc1C(=O)N1CCC[C@@H]2CCCCC21. The Morgan fingerprint density at radius 3 is 2.64 bits per heavy atom. The standard InChI is InChI=1S/C27H34N2O4/c1-2-17-32-25-18-22(28-27(31)33-19-20-9-4-3-5-10-20)14-15-23(25)26(30)29-16-8-12-21-11-6-7-13-24(21)29/h3-5,9-10,14-15,18,21,24H,2,6-8,11-13,16-17,19H2,1H3,(H,28,31)/t21-,24?/m0/s1. The molecular weight excluding hydrogens is 416 g/mol. The molecule has 2 atom stereocenters. The fourth-order valence-corrected chi connectivity index (χ4v) is 5.02. The molecule has 1 aliphatic carbocycles. The van der Waals surface area contributed by atoms with Crippen molar-refractivity contribution in [1.82, 2.24) is 4.90 Å². The number of rotatable bonds is 7. The molecule has 2 aromatic carbocycles. The summed E-state index contributed by atoms with van der Waals surface area (Å²) in [5.41, 5.74) is 2.03. The quantitative estimate of drug-likeness (QED) is 0.560. The summed E-state index contributed by atoms with van der Waals surface area (Å²) < 4.78 is 11.3. The summed E-state index contributed by atoms with van der Waals surface area (Å²) in [5.74, 6) is 1.17. The van der Waals surface area contributed by atoms with Gasteiger partial charge in [0.05, 0.1) is 12.2 Å². The van der Waals surface area contributed by atoms with Gasteiger partial charge in [-0.2, -0.15) is 0 Å². The number of piperidine rings is 1. The summed E-state index contributed by atoms with van der Waals surface area (Å²) in [4.78, 5) is 27.9. The molecule has 2 amide bonds. The lowest BCUT2D eigenvalue weighted by molar-refractivity contribution is 0.0387. The van der Waals surface area contributed by atoms with Crippen molar-refractivity contribution in [2.75, 3.05) is 18.5 Å². The number of fused-ring (bicyclic) bond motifs is 1. The highest BCUT2D eigenvalue weighted by atomic mass is 16.5. The summed E-state index contributed by atoms with van der Waals surface area (Å²) in [6.07, 6.45) is 7.36. The van der Waals surface area contributed by atoms with Crippen LogP contribution in [0.25, 0.3) is 0 Å². The van der Waals surface area contributed by atoms with Gasteiger partial charge in [0.15, 0.2) is 0 Å². The molecule has 1 saturated heterocycles. The van der Waals surface area contributed by atoms with E-state index in [4.69, 9.17) is 9.47 Å². The summed E-state index contributed by atoms with van der Waals surface area (Å²) in [6.45, 7) is 3.54. The first kappa shape index (κ1) is 23.1. The molecule has 2 fully saturated rings. The molecule has 0 aromatic heterocycles. The fourth-order valence-electron chi connectivity index (χ4n) is 5.02. The third-order valence-electron chi connectivity index (χ3n) is 6.64. The Hall–Kier alpha value is -3.02. The van der Waals surface area contributed by atoms with E-state index in [1.807, 2.05) is 37.3 Å². The van der Waals surface area contributed by atoms with Crippen LogP contribution < -0.4 is 10.1 Å². The van der Waals surface area contributed by atoms with Crippen LogP contribution in [0.5, 0.6) is 5.75 Å². The van der Waals surface area contributed by atoms with Crippen LogP contribution in [0, 0.1) is 5.92 Å². The molecule has 1 N–H and O–H groups in total. The normalized spacial score (nSPS) is 20.0. The van der Waals surface area contributed by atoms with E-state index >= 15 is 0 Å². The fraction of sp³-hybridized carbons (Fsp3) is 0.481. The third-order valence-corrected chi connectivity index (χ3v) is 6.64. The van der Waals surface area contributed by atoms with E-state index in [1.165, 1.54) is 25.7 Å². The molecular formula is C27H34N2O4. The van der Waals surface area contributed by atoms with Crippen molar-refractivity contribution in [2.45, 2.75) is 64.5 Å². The first-order valence-electron chi connectivity index (χ1n) is 12.2. The molecule has 1 saturated carbocycles. The topological polar surface area (TPSA) is 67.9 Å². The van der Waals surface area contributed by atoms with Crippen molar-refractivity contribution in [1.29, 1.82) is 0 Å². The number of amides is 2. The second-order valence-electron chi connectivity index (χ2n) is 9.00. The Bertz CT molecular complexity index is 944. The Labute approximate surface area is 196 Å². The maximum Gasteiger partial charge on any atom is 0.411 e. The van der Waals surface area contributed by atoms with Crippen molar-refractivity contribution in [3.05, 3.63) is 59.7 Å². The van der Waals surface area contributed by atoms with E-state index in [9.17, 15) is 9.59 Å². The third kappa shape index (κ3) is 5.86. The Kier molecular flexibility index (Phi) is 7.87. The van der Waals surface area contributed by atoms with Gasteiger partial charge in [-0.3, -0.25) is 10.1 Å². The van der Waals surface area contributed by atoms with Crippen molar-refractivity contribution in [3.63, 3.8) is 0 Å². The molecule has 6 nitrogen and oxygen atoms in total. The molecule has 6 heteroatoms. The Morgan fingerprint density at radius 1 is 1.03 bits per heavy atom. The van der Waals surface area contributed by atoms with Crippen LogP contribution in [-0.4, -0.2) is 36.1 Å². The summed E-state index contributed by atoms with van der Waals surface area (Å²) in [6, 6.07) is 15.1.